The second-order valence-electron chi connectivity index (χ2n) is 5.62. The molecule has 1 heterocycles. The molecule has 0 unspecified atom stereocenters. The lowest BCUT2D eigenvalue weighted by Crippen LogP contribution is -2.49. The number of halogens is 1. The van der Waals surface area contributed by atoms with E-state index < -0.39 is 0 Å². The van der Waals surface area contributed by atoms with E-state index in [-0.39, 0.29) is 6.04 Å². The van der Waals surface area contributed by atoms with Crippen LogP contribution < -0.4 is 10.6 Å². The van der Waals surface area contributed by atoms with Crippen LogP contribution in [0.4, 0.5) is 5.69 Å². The highest BCUT2D eigenvalue weighted by Crippen LogP contribution is 2.29. The van der Waals surface area contributed by atoms with Crippen LogP contribution in [-0.4, -0.2) is 37.1 Å². The zero-order valence-corrected chi connectivity index (χ0v) is 12.8. The third-order valence-corrected chi connectivity index (χ3v) is 4.19. The fourth-order valence-corrected chi connectivity index (χ4v) is 2.85. The minimum absolute atomic E-state index is 0.0318. The van der Waals surface area contributed by atoms with Crippen molar-refractivity contribution in [1.82, 2.24) is 4.90 Å². The average molecular weight is 282 g/mol. The van der Waals surface area contributed by atoms with Gasteiger partial charge >= 0.3 is 0 Å². The van der Waals surface area contributed by atoms with Gasteiger partial charge in [0.15, 0.2) is 0 Å². The van der Waals surface area contributed by atoms with E-state index in [1.165, 1.54) is 0 Å². The van der Waals surface area contributed by atoms with E-state index in [0.29, 0.717) is 6.04 Å². The quantitative estimate of drug-likeness (QED) is 0.925. The van der Waals surface area contributed by atoms with E-state index in [0.717, 1.165) is 42.5 Å². The second kappa shape index (κ2) is 6.12. The molecular formula is C15H24ClN3. The van der Waals surface area contributed by atoms with Crippen molar-refractivity contribution in [1.29, 1.82) is 0 Å². The maximum atomic E-state index is 6.39. The van der Waals surface area contributed by atoms with Crippen LogP contribution in [0.3, 0.4) is 0 Å². The van der Waals surface area contributed by atoms with Gasteiger partial charge in [0.1, 0.15) is 0 Å². The highest BCUT2D eigenvalue weighted by molar-refractivity contribution is 6.33. The largest absolute Gasteiger partial charge is 0.368 e. The molecule has 1 aliphatic heterocycles. The second-order valence-corrected chi connectivity index (χ2v) is 6.02. The molecule has 1 aromatic rings. The lowest BCUT2D eigenvalue weighted by molar-refractivity contribution is 0.209. The third kappa shape index (κ3) is 3.41. The van der Waals surface area contributed by atoms with Crippen LogP contribution in [0.1, 0.15) is 32.4 Å². The van der Waals surface area contributed by atoms with Crippen molar-refractivity contribution in [3.8, 4) is 0 Å². The number of nitrogens with two attached hydrogens (primary N) is 1. The number of anilines is 1. The van der Waals surface area contributed by atoms with Crippen molar-refractivity contribution in [2.75, 3.05) is 31.1 Å². The predicted molar refractivity (Wildman–Crippen MR) is 83.0 cm³/mol. The van der Waals surface area contributed by atoms with Crippen molar-refractivity contribution < 1.29 is 0 Å². The lowest BCUT2D eigenvalue weighted by Gasteiger charge is -2.38. The molecule has 2 rings (SSSR count). The molecule has 4 heteroatoms. The smallest absolute Gasteiger partial charge is 0.0642 e. The molecule has 0 spiro atoms. The maximum absolute atomic E-state index is 6.39. The number of hydrogen-bond donors (Lipinski definition) is 1. The van der Waals surface area contributed by atoms with E-state index in [4.69, 9.17) is 17.3 Å². The monoisotopic (exact) mass is 281 g/mol. The number of piperazine rings is 1. The summed E-state index contributed by atoms with van der Waals surface area (Å²) >= 11 is 6.39. The van der Waals surface area contributed by atoms with Crippen LogP contribution in [0.15, 0.2) is 18.2 Å². The first-order chi connectivity index (χ1) is 8.99. The maximum Gasteiger partial charge on any atom is 0.0642 e. The van der Waals surface area contributed by atoms with Crippen LogP contribution in [0.25, 0.3) is 0 Å². The summed E-state index contributed by atoms with van der Waals surface area (Å²) in [5.41, 5.74) is 8.11. The molecule has 0 bridgehead atoms. The molecule has 1 aliphatic rings. The van der Waals surface area contributed by atoms with E-state index in [1.807, 2.05) is 13.0 Å². The van der Waals surface area contributed by atoms with Crippen LogP contribution >= 0.6 is 11.6 Å². The molecule has 0 radical (unpaired) electrons. The third-order valence-electron chi connectivity index (χ3n) is 3.88. The molecule has 1 atom stereocenters. The molecule has 106 valence electrons. The van der Waals surface area contributed by atoms with Crippen molar-refractivity contribution >= 4 is 17.3 Å². The molecule has 1 saturated heterocycles. The Kier molecular flexibility index (Phi) is 4.71. The van der Waals surface area contributed by atoms with Gasteiger partial charge < -0.3 is 10.6 Å². The van der Waals surface area contributed by atoms with Gasteiger partial charge in [0.25, 0.3) is 0 Å². The standard InChI is InChI=1S/C15H24ClN3/c1-11(2)18-6-8-19(9-7-18)15-5-4-13(12(3)17)10-14(15)16/h4-5,10-12H,6-9,17H2,1-3H3/t12-/m1/s1. The summed E-state index contributed by atoms with van der Waals surface area (Å²) in [6.07, 6.45) is 0. The minimum atomic E-state index is 0.0318. The molecule has 1 fully saturated rings. The molecule has 0 saturated carbocycles. The summed E-state index contributed by atoms with van der Waals surface area (Å²) < 4.78 is 0. The topological polar surface area (TPSA) is 32.5 Å². The number of hydrogen-bond acceptors (Lipinski definition) is 3. The van der Waals surface area contributed by atoms with Gasteiger partial charge in [-0.25, -0.2) is 0 Å². The first kappa shape index (κ1) is 14.6. The van der Waals surface area contributed by atoms with Gasteiger partial charge in [-0.15, -0.1) is 0 Å². The molecule has 3 nitrogen and oxygen atoms in total. The van der Waals surface area contributed by atoms with E-state index >= 15 is 0 Å². The highest BCUT2D eigenvalue weighted by atomic mass is 35.5. The Hall–Kier alpha value is -0.770. The highest BCUT2D eigenvalue weighted by Gasteiger charge is 2.20. The Bertz CT molecular complexity index is 423. The molecule has 19 heavy (non-hydrogen) atoms. The number of nitrogens with zero attached hydrogens (tertiary/aromatic N) is 2. The first-order valence-electron chi connectivity index (χ1n) is 7.03. The van der Waals surface area contributed by atoms with Gasteiger partial charge in [-0.3, -0.25) is 4.90 Å². The Morgan fingerprint density at radius 3 is 2.21 bits per heavy atom. The van der Waals surface area contributed by atoms with Gasteiger partial charge in [-0.1, -0.05) is 17.7 Å². The van der Waals surface area contributed by atoms with Gasteiger partial charge in [0.05, 0.1) is 10.7 Å². The summed E-state index contributed by atoms with van der Waals surface area (Å²) in [4.78, 5) is 4.87. The number of benzene rings is 1. The molecular weight excluding hydrogens is 258 g/mol. The fraction of sp³-hybridized carbons (Fsp3) is 0.600. The van der Waals surface area contributed by atoms with Crippen LogP contribution in [-0.2, 0) is 0 Å². The summed E-state index contributed by atoms with van der Waals surface area (Å²) in [5.74, 6) is 0. The molecule has 1 aromatic carbocycles. The van der Waals surface area contributed by atoms with Crippen molar-refractivity contribution in [2.45, 2.75) is 32.9 Å². The Morgan fingerprint density at radius 2 is 1.74 bits per heavy atom. The summed E-state index contributed by atoms with van der Waals surface area (Å²) in [6.45, 7) is 10.8. The zero-order chi connectivity index (χ0) is 14.0. The Labute approximate surface area is 121 Å². The summed E-state index contributed by atoms with van der Waals surface area (Å²) in [7, 11) is 0. The van der Waals surface area contributed by atoms with E-state index in [1.54, 1.807) is 0 Å². The van der Waals surface area contributed by atoms with Gasteiger partial charge in [0.2, 0.25) is 0 Å². The molecule has 2 N–H and O–H groups in total. The van der Waals surface area contributed by atoms with Gasteiger partial charge in [-0.2, -0.15) is 0 Å². The normalized spacial score (nSPS) is 18.9. The van der Waals surface area contributed by atoms with Crippen molar-refractivity contribution in [3.05, 3.63) is 28.8 Å². The SMILES string of the molecule is CC(C)N1CCN(c2ccc([C@@H](C)N)cc2Cl)CC1. The van der Waals surface area contributed by atoms with Crippen LogP contribution in [0, 0.1) is 0 Å². The molecule has 0 aliphatic carbocycles. The zero-order valence-electron chi connectivity index (χ0n) is 12.1. The number of rotatable bonds is 3. The summed E-state index contributed by atoms with van der Waals surface area (Å²) in [5, 5.41) is 0.813. The van der Waals surface area contributed by atoms with Crippen LogP contribution in [0.5, 0.6) is 0 Å². The Morgan fingerprint density at radius 1 is 1.11 bits per heavy atom. The average Bonchev–Trinajstić information content (AvgIpc) is 2.38. The van der Waals surface area contributed by atoms with Gasteiger partial charge in [0, 0.05) is 38.3 Å². The molecule has 0 amide bonds. The van der Waals surface area contributed by atoms with Crippen molar-refractivity contribution in [2.24, 2.45) is 5.73 Å². The van der Waals surface area contributed by atoms with Gasteiger partial charge in [-0.05, 0) is 38.5 Å². The fourth-order valence-electron chi connectivity index (χ4n) is 2.54. The predicted octanol–water partition coefficient (Wildman–Crippen LogP) is 2.89. The van der Waals surface area contributed by atoms with E-state index in [2.05, 4.69) is 35.8 Å². The Balaban J connectivity index is 2.07. The van der Waals surface area contributed by atoms with Crippen molar-refractivity contribution in [3.63, 3.8) is 0 Å². The lowest BCUT2D eigenvalue weighted by atomic mass is 10.1. The first-order valence-corrected chi connectivity index (χ1v) is 7.41. The van der Waals surface area contributed by atoms with Crippen LogP contribution in [0.2, 0.25) is 5.02 Å². The van der Waals surface area contributed by atoms with E-state index in [9.17, 15) is 0 Å². The molecule has 0 aromatic heterocycles. The minimum Gasteiger partial charge on any atom is -0.368 e. The summed E-state index contributed by atoms with van der Waals surface area (Å²) in [6, 6.07) is 6.84.